The van der Waals surface area contributed by atoms with Crippen molar-refractivity contribution in [3.05, 3.63) is 68.4 Å². The highest BCUT2D eigenvalue weighted by atomic mass is 79.9. The Balaban J connectivity index is 1.71. The number of halogens is 3. The van der Waals surface area contributed by atoms with E-state index in [-0.39, 0.29) is 29.5 Å². The number of carboxylic acids is 1. The van der Waals surface area contributed by atoms with Gasteiger partial charge in [-0.1, -0.05) is 33.6 Å². The summed E-state index contributed by atoms with van der Waals surface area (Å²) in [4.78, 5) is 32.2. The number of carboxylic acid groups (broad SMARTS) is 1. The largest absolute Gasteiger partial charge is 0.481 e. The number of carbonyl (C=O) groups excluding carboxylic acids is 1. The lowest BCUT2D eigenvalue weighted by Gasteiger charge is -2.30. The monoisotopic (exact) mass is 561 g/mol. The number of fused-ring (bicyclic) bond motifs is 1. The van der Waals surface area contributed by atoms with E-state index in [0.717, 1.165) is 41.8 Å². The molecule has 1 amide bonds. The molecule has 6 nitrogen and oxygen atoms in total. The molecule has 1 aliphatic heterocycles. The molecule has 0 aliphatic carbocycles. The number of benzene rings is 2. The van der Waals surface area contributed by atoms with Crippen LogP contribution in [0.15, 0.2) is 40.9 Å². The van der Waals surface area contributed by atoms with Crippen LogP contribution in [0.1, 0.15) is 53.1 Å². The molecule has 0 bridgehead atoms. The van der Waals surface area contributed by atoms with E-state index in [0.29, 0.717) is 16.5 Å². The molecule has 1 atom stereocenters. The fraction of sp³-hybridized carbons (Fsp3) is 0.346. The molecule has 9 heteroatoms. The molecular weight excluding hydrogens is 537 g/mol. The lowest BCUT2D eigenvalue weighted by Crippen LogP contribution is -2.33. The van der Waals surface area contributed by atoms with Gasteiger partial charge >= 0.3 is 5.97 Å². The number of anilines is 1. The van der Waals surface area contributed by atoms with Crippen LogP contribution in [0, 0.1) is 12.7 Å². The van der Waals surface area contributed by atoms with Crippen LogP contribution in [-0.4, -0.2) is 41.6 Å². The number of rotatable bonds is 7. The topological polar surface area (TPSA) is 82.5 Å². The Morgan fingerprint density at radius 2 is 1.97 bits per heavy atom. The summed E-state index contributed by atoms with van der Waals surface area (Å²) in [7, 11) is 0. The predicted molar refractivity (Wildman–Crippen MR) is 139 cm³/mol. The number of carbonyl (C=O) groups is 2. The molecule has 4 rings (SSSR count). The van der Waals surface area contributed by atoms with E-state index in [1.165, 1.54) is 24.6 Å². The Morgan fingerprint density at radius 3 is 2.66 bits per heavy atom. The third-order valence-corrected chi connectivity index (χ3v) is 7.21. The number of nitrogens with one attached hydrogen (secondary N) is 1. The van der Waals surface area contributed by atoms with Gasteiger partial charge in [-0.2, -0.15) is 0 Å². The van der Waals surface area contributed by atoms with Crippen molar-refractivity contribution in [2.45, 2.75) is 38.5 Å². The molecular formula is C26H26BrClFN3O3. The highest BCUT2D eigenvalue weighted by Gasteiger charge is 2.26. The first-order valence-corrected chi connectivity index (χ1v) is 12.7. The first-order valence-electron chi connectivity index (χ1n) is 11.5. The van der Waals surface area contributed by atoms with Gasteiger partial charge in [-0.25, -0.2) is 9.37 Å². The Hall–Kier alpha value is -2.71. The van der Waals surface area contributed by atoms with Crippen molar-refractivity contribution < 1.29 is 19.1 Å². The summed E-state index contributed by atoms with van der Waals surface area (Å²) in [6, 6.07) is 9.82. The zero-order chi connectivity index (χ0) is 25.1. The van der Waals surface area contributed by atoms with E-state index in [4.69, 9.17) is 16.6 Å². The minimum atomic E-state index is -1.11. The molecule has 3 aromatic rings. The quantitative estimate of drug-likeness (QED) is 0.365. The van der Waals surface area contributed by atoms with Crippen molar-refractivity contribution in [1.82, 2.24) is 10.3 Å². The number of aromatic nitrogens is 1. The lowest BCUT2D eigenvalue weighted by atomic mass is 9.94. The average molecular weight is 563 g/mol. The van der Waals surface area contributed by atoms with Gasteiger partial charge in [0.25, 0.3) is 5.91 Å². The fourth-order valence-corrected chi connectivity index (χ4v) is 5.39. The summed E-state index contributed by atoms with van der Waals surface area (Å²) in [5.74, 6) is -2.12. The molecule has 1 saturated heterocycles. The number of hydrogen-bond donors (Lipinski definition) is 2. The summed E-state index contributed by atoms with van der Waals surface area (Å²) < 4.78 is 15.4. The summed E-state index contributed by atoms with van der Waals surface area (Å²) >= 11 is 9.68. The number of pyridine rings is 1. The second-order valence-corrected chi connectivity index (χ2v) is 10.1. The Kier molecular flexibility index (Phi) is 7.91. The van der Waals surface area contributed by atoms with Gasteiger partial charge in [0.15, 0.2) is 0 Å². The molecule has 184 valence electrons. The van der Waals surface area contributed by atoms with Gasteiger partial charge in [-0.05, 0) is 56.5 Å². The summed E-state index contributed by atoms with van der Waals surface area (Å²) in [5, 5.41) is 13.1. The number of aliphatic carboxylic acids is 1. The Labute approximate surface area is 216 Å². The SMILES string of the molecule is Cc1c(N2CCCCC2)nc2ccc(Br)cc2c1C(=O)NC[C@H](CC(=O)O)c1c(F)cccc1Cl. The number of amides is 1. The van der Waals surface area contributed by atoms with Crippen LogP contribution in [0.2, 0.25) is 5.02 Å². The van der Waals surface area contributed by atoms with Gasteiger partial charge in [-0.15, -0.1) is 0 Å². The Bertz CT molecular complexity index is 1260. The number of hydrogen-bond acceptors (Lipinski definition) is 4. The van der Waals surface area contributed by atoms with Crippen LogP contribution in [0.25, 0.3) is 10.9 Å². The first kappa shape index (κ1) is 25.4. The second kappa shape index (κ2) is 10.9. The van der Waals surface area contributed by atoms with E-state index in [9.17, 15) is 19.1 Å². The van der Waals surface area contributed by atoms with Crippen LogP contribution in [-0.2, 0) is 4.79 Å². The molecule has 1 aromatic heterocycles. The second-order valence-electron chi connectivity index (χ2n) is 8.78. The fourth-order valence-electron chi connectivity index (χ4n) is 4.72. The van der Waals surface area contributed by atoms with Crippen LogP contribution in [0.3, 0.4) is 0 Å². The van der Waals surface area contributed by atoms with E-state index in [2.05, 4.69) is 26.1 Å². The van der Waals surface area contributed by atoms with E-state index in [1.807, 2.05) is 25.1 Å². The third-order valence-electron chi connectivity index (χ3n) is 6.39. The summed E-state index contributed by atoms with van der Waals surface area (Å²) in [6.07, 6.45) is 2.94. The number of piperidine rings is 1. The molecule has 2 aromatic carbocycles. The van der Waals surface area contributed by atoms with Crippen LogP contribution < -0.4 is 10.2 Å². The van der Waals surface area contributed by atoms with Crippen molar-refractivity contribution in [2.24, 2.45) is 0 Å². The molecule has 1 aliphatic rings. The molecule has 0 spiro atoms. The summed E-state index contributed by atoms with van der Waals surface area (Å²) in [6.45, 7) is 3.56. The van der Waals surface area contributed by atoms with Crippen molar-refractivity contribution >= 4 is 56.1 Å². The van der Waals surface area contributed by atoms with Crippen molar-refractivity contribution in [2.75, 3.05) is 24.5 Å². The van der Waals surface area contributed by atoms with Gasteiger partial charge in [-0.3, -0.25) is 9.59 Å². The number of nitrogens with zero attached hydrogens (tertiary/aromatic N) is 2. The predicted octanol–water partition coefficient (Wildman–Crippen LogP) is 6.08. The molecule has 1 fully saturated rings. The molecule has 0 radical (unpaired) electrons. The van der Waals surface area contributed by atoms with Gasteiger partial charge in [0.1, 0.15) is 11.6 Å². The summed E-state index contributed by atoms with van der Waals surface area (Å²) in [5.41, 5.74) is 2.02. The van der Waals surface area contributed by atoms with E-state index < -0.39 is 17.7 Å². The first-order chi connectivity index (χ1) is 16.8. The maximum atomic E-state index is 14.6. The van der Waals surface area contributed by atoms with E-state index in [1.54, 1.807) is 0 Å². The molecule has 2 heterocycles. The maximum absolute atomic E-state index is 14.6. The van der Waals surface area contributed by atoms with Crippen LogP contribution >= 0.6 is 27.5 Å². The Morgan fingerprint density at radius 1 is 1.23 bits per heavy atom. The van der Waals surface area contributed by atoms with Crippen molar-refractivity contribution in [3.8, 4) is 0 Å². The highest BCUT2D eigenvalue weighted by Crippen LogP contribution is 2.33. The molecule has 0 saturated carbocycles. The van der Waals surface area contributed by atoms with Gasteiger partial charge in [0.2, 0.25) is 0 Å². The minimum Gasteiger partial charge on any atom is -0.481 e. The molecule has 0 unspecified atom stereocenters. The average Bonchev–Trinajstić information content (AvgIpc) is 2.82. The lowest BCUT2D eigenvalue weighted by molar-refractivity contribution is -0.137. The zero-order valence-electron chi connectivity index (χ0n) is 19.3. The maximum Gasteiger partial charge on any atom is 0.304 e. The third kappa shape index (κ3) is 5.59. The normalized spacial score (nSPS) is 14.7. The molecule has 2 N–H and O–H groups in total. The highest BCUT2D eigenvalue weighted by molar-refractivity contribution is 9.10. The van der Waals surface area contributed by atoms with Crippen molar-refractivity contribution in [1.29, 1.82) is 0 Å². The molecule has 35 heavy (non-hydrogen) atoms. The van der Waals surface area contributed by atoms with E-state index >= 15 is 0 Å². The van der Waals surface area contributed by atoms with Crippen molar-refractivity contribution in [3.63, 3.8) is 0 Å². The standard InChI is InChI=1S/C26H26BrClFN3O3/c1-15-23(18-13-17(27)8-9-21(18)31-25(15)32-10-3-2-4-11-32)26(35)30-14-16(12-22(33)34)24-19(28)6-5-7-20(24)29/h5-9,13,16H,2-4,10-12,14H2,1H3,(H,30,35)(H,33,34)/t16-/m0/s1. The van der Waals surface area contributed by atoms with Gasteiger partial charge in [0.05, 0.1) is 17.5 Å². The zero-order valence-corrected chi connectivity index (χ0v) is 21.6. The smallest absolute Gasteiger partial charge is 0.304 e. The van der Waals surface area contributed by atoms with Crippen LogP contribution in [0.4, 0.5) is 10.2 Å². The van der Waals surface area contributed by atoms with Gasteiger partial charge in [0, 0.05) is 51.6 Å². The van der Waals surface area contributed by atoms with Gasteiger partial charge < -0.3 is 15.3 Å². The minimum absolute atomic E-state index is 0.0813. The van der Waals surface area contributed by atoms with Crippen LogP contribution in [0.5, 0.6) is 0 Å².